The van der Waals surface area contributed by atoms with E-state index in [-0.39, 0.29) is 0 Å². The molecule has 3 nitrogen and oxygen atoms in total. The van der Waals surface area contributed by atoms with Gasteiger partial charge >= 0.3 is 0 Å². The first-order valence-electron chi connectivity index (χ1n) is 16.6. The van der Waals surface area contributed by atoms with Crippen molar-refractivity contribution in [3.63, 3.8) is 0 Å². The van der Waals surface area contributed by atoms with E-state index in [0.29, 0.717) is 0 Å². The molecule has 3 rings (SSSR count). The summed E-state index contributed by atoms with van der Waals surface area (Å²) in [6.45, 7) is 17.7. The highest BCUT2D eigenvalue weighted by molar-refractivity contribution is 6.02. The summed E-state index contributed by atoms with van der Waals surface area (Å²) in [5.41, 5.74) is 14.3. The molecule has 226 valence electrons. The number of aryl methyl sites for hydroxylation is 6. The maximum absolute atomic E-state index is 5.28. The van der Waals surface area contributed by atoms with Gasteiger partial charge < -0.3 is 0 Å². The molecular formula is C39H55N3. The zero-order chi connectivity index (χ0) is 30.5. The predicted octanol–water partition coefficient (Wildman–Crippen LogP) is 11.4. The number of nitrogens with zero attached hydrogens (tertiary/aromatic N) is 3. The highest BCUT2D eigenvalue weighted by Gasteiger charge is 2.14. The van der Waals surface area contributed by atoms with Crippen molar-refractivity contribution in [1.29, 1.82) is 0 Å². The number of unbranched alkanes of at least 4 members (excludes halogenated alkanes) is 4. The first kappa shape index (κ1) is 33.4. The van der Waals surface area contributed by atoms with Crippen LogP contribution < -0.4 is 0 Å². The molecule has 0 N–H and O–H groups in total. The fraction of sp³-hybridized carbons (Fsp3) is 0.513. The van der Waals surface area contributed by atoms with Crippen molar-refractivity contribution in [3.8, 4) is 0 Å². The molecule has 3 aromatic rings. The fourth-order valence-electron chi connectivity index (χ4n) is 5.67. The maximum Gasteiger partial charge on any atom is 0.0849 e. The van der Waals surface area contributed by atoms with E-state index in [0.717, 1.165) is 48.5 Å². The third-order valence-electron chi connectivity index (χ3n) is 8.07. The summed E-state index contributed by atoms with van der Waals surface area (Å²) in [6.07, 6.45) is 13.7. The van der Waals surface area contributed by atoms with Crippen molar-refractivity contribution in [1.82, 2.24) is 4.98 Å². The van der Waals surface area contributed by atoms with Gasteiger partial charge in [-0.3, -0.25) is 9.98 Å². The molecule has 0 unspecified atom stereocenters. The average Bonchev–Trinajstić information content (AvgIpc) is 2.98. The number of hydrogen-bond acceptors (Lipinski definition) is 3. The SMILES string of the molecule is CCCCc1cc(C)cc(CCCC)c1N=C(C)c1cccc(C(C)=Nc2c(CCCC)cc(C)cc2CCCC)n1. The van der Waals surface area contributed by atoms with Gasteiger partial charge in [-0.25, -0.2) is 4.98 Å². The topological polar surface area (TPSA) is 37.6 Å². The van der Waals surface area contributed by atoms with Gasteiger partial charge in [0, 0.05) is 0 Å². The Hall–Kier alpha value is -3.07. The molecule has 0 aliphatic rings. The lowest BCUT2D eigenvalue weighted by Gasteiger charge is -2.15. The van der Waals surface area contributed by atoms with Crippen LogP contribution in [0.1, 0.15) is 138 Å². The minimum Gasteiger partial charge on any atom is -0.251 e. The van der Waals surface area contributed by atoms with Crippen LogP contribution in [0.4, 0.5) is 11.4 Å². The lowest BCUT2D eigenvalue weighted by Crippen LogP contribution is -2.06. The third-order valence-corrected chi connectivity index (χ3v) is 8.07. The highest BCUT2D eigenvalue weighted by atomic mass is 14.8. The monoisotopic (exact) mass is 565 g/mol. The fourth-order valence-corrected chi connectivity index (χ4v) is 5.67. The van der Waals surface area contributed by atoms with Crippen LogP contribution in [0.25, 0.3) is 0 Å². The van der Waals surface area contributed by atoms with Crippen LogP contribution in [-0.4, -0.2) is 16.4 Å². The molecule has 0 amide bonds. The van der Waals surface area contributed by atoms with Crippen LogP contribution in [0.3, 0.4) is 0 Å². The van der Waals surface area contributed by atoms with Gasteiger partial charge in [0.1, 0.15) is 0 Å². The molecule has 0 atom stereocenters. The Morgan fingerprint density at radius 1 is 0.548 bits per heavy atom. The minimum absolute atomic E-state index is 0.923. The molecule has 42 heavy (non-hydrogen) atoms. The van der Waals surface area contributed by atoms with E-state index in [1.807, 2.05) is 0 Å². The Bertz CT molecular complexity index is 1200. The summed E-state index contributed by atoms with van der Waals surface area (Å²) in [7, 11) is 0. The van der Waals surface area contributed by atoms with Gasteiger partial charge in [0.25, 0.3) is 0 Å². The van der Waals surface area contributed by atoms with Crippen molar-refractivity contribution in [3.05, 3.63) is 87.2 Å². The Morgan fingerprint density at radius 2 is 0.857 bits per heavy atom. The zero-order valence-electron chi connectivity index (χ0n) is 27.9. The molecule has 0 bridgehead atoms. The summed E-state index contributed by atoms with van der Waals surface area (Å²) >= 11 is 0. The first-order chi connectivity index (χ1) is 20.3. The molecule has 0 radical (unpaired) electrons. The van der Waals surface area contributed by atoms with E-state index in [2.05, 4.69) is 97.9 Å². The summed E-state index contributed by atoms with van der Waals surface area (Å²) in [5, 5.41) is 0. The Morgan fingerprint density at radius 3 is 1.14 bits per heavy atom. The summed E-state index contributed by atoms with van der Waals surface area (Å²) in [6, 6.07) is 15.6. The van der Waals surface area contributed by atoms with Crippen LogP contribution in [0.2, 0.25) is 0 Å². The predicted molar refractivity (Wildman–Crippen MR) is 185 cm³/mol. The molecule has 0 aliphatic heterocycles. The number of aliphatic imine (C=N–C) groups is 2. The molecule has 3 heteroatoms. The van der Waals surface area contributed by atoms with Crippen LogP contribution in [0.5, 0.6) is 0 Å². The molecule has 1 aromatic heterocycles. The number of rotatable bonds is 16. The summed E-state index contributed by atoms with van der Waals surface area (Å²) in [4.78, 5) is 15.7. The lowest BCUT2D eigenvalue weighted by molar-refractivity contribution is 0.780. The van der Waals surface area contributed by atoms with Crippen LogP contribution >= 0.6 is 0 Å². The van der Waals surface area contributed by atoms with Crippen molar-refractivity contribution in [2.45, 2.75) is 132 Å². The highest BCUT2D eigenvalue weighted by Crippen LogP contribution is 2.32. The maximum atomic E-state index is 5.28. The van der Waals surface area contributed by atoms with Gasteiger partial charge in [0.2, 0.25) is 0 Å². The Kier molecular flexibility index (Phi) is 13.6. The zero-order valence-corrected chi connectivity index (χ0v) is 27.9. The minimum atomic E-state index is 0.923. The lowest BCUT2D eigenvalue weighted by atomic mass is 9.96. The molecule has 0 saturated carbocycles. The second-order valence-electron chi connectivity index (χ2n) is 12.1. The summed E-state index contributed by atoms with van der Waals surface area (Å²) in [5.74, 6) is 0. The first-order valence-corrected chi connectivity index (χ1v) is 16.6. The van der Waals surface area contributed by atoms with E-state index in [4.69, 9.17) is 15.0 Å². The van der Waals surface area contributed by atoms with Gasteiger partial charge in [-0.05, 0) is 113 Å². The number of aromatic nitrogens is 1. The Labute approximate surface area is 257 Å². The van der Waals surface area contributed by atoms with Gasteiger partial charge in [-0.1, -0.05) is 94.8 Å². The van der Waals surface area contributed by atoms with Gasteiger partial charge in [-0.2, -0.15) is 0 Å². The van der Waals surface area contributed by atoms with E-state index < -0.39 is 0 Å². The number of hydrogen-bond donors (Lipinski definition) is 0. The van der Waals surface area contributed by atoms with E-state index in [9.17, 15) is 0 Å². The third kappa shape index (κ3) is 9.48. The van der Waals surface area contributed by atoms with Crippen LogP contribution in [0, 0.1) is 13.8 Å². The van der Waals surface area contributed by atoms with Crippen LogP contribution in [-0.2, 0) is 25.7 Å². The normalized spacial score (nSPS) is 12.3. The Balaban J connectivity index is 2.05. The number of benzene rings is 2. The quantitative estimate of drug-likeness (QED) is 0.159. The molecule has 0 aliphatic carbocycles. The van der Waals surface area contributed by atoms with E-state index >= 15 is 0 Å². The van der Waals surface area contributed by atoms with Crippen molar-refractivity contribution < 1.29 is 0 Å². The van der Waals surface area contributed by atoms with Crippen molar-refractivity contribution in [2.75, 3.05) is 0 Å². The standard InChI is InChI=1S/C39H55N3/c1-9-13-18-32-24-28(5)25-33(19-14-10-2)38(32)40-30(7)36-22-17-23-37(42-36)31(8)41-39-34(20-15-11-3)26-29(6)27-35(39)21-16-12-4/h17,22-27H,9-16,18-21H2,1-8H3. The number of pyridine rings is 1. The molecule has 0 saturated heterocycles. The molecule has 0 fully saturated rings. The summed E-state index contributed by atoms with van der Waals surface area (Å²) < 4.78 is 0. The van der Waals surface area contributed by atoms with Crippen molar-refractivity contribution >= 4 is 22.8 Å². The molecule has 1 heterocycles. The van der Waals surface area contributed by atoms with E-state index in [1.54, 1.807) is 0 Å². The second kappa shape index (κ2) is 17.1. The van der Waals surface area contributed by atoms with Gasteiger partial charge in [-0.15, -0.1) is 0 Å². The second-order valence-corrected chi connectivity index (χ2v) is 12.1. The van der Waals surface area contributed by atoms with Gasteiger partial charge in [0.05, 0.1) is 34.2 Å². The van der Waals surface area contributed by atoms with Crippen molar-refractivity contribution in [2.24, 2.45) is 9.98 Å². The van der Waals surface area contributed by atoms with Gasteiger partial charge in [0.15, 0.2) is 0 Å². The molecular weight excluding hydrogens is 510 g/mol. The molecule has 0 spiro atoms. The van der Waals surface area contributed by atoms with Crippen LogP contribution in [0.15, 0.2) is 52.4 Å². The largest absolute Gasteiger partial charge is 0.251 e. The van der Waals surface area contributed by atoms with E-state index in [1.165, 1.54) is 96.1 Å². The smallest absolute Gasteiger partial charge is 0.0849 e. The average molecular weight is 566 g/mol. The molecule has 2 aromatic carbocycles.